The Balaban J connectivity index is 2.21. The molecule has 0 fully saturated rings. The normalized spacial score (nSPS) is 11.6. The molecule has 0 amide bonds. The Hall–Kier alpha value is -2.68. The van der Waals surface area contributed by atoms with E-state index in [-0.39, 0.29) is 22.2 Å². The number of hydrogen-bond acceptors (Lipinski definition) is 4. The molecule has 0 saturated carbocycles. The van der Waals surface area contributed by atoms with Crippen LogP contribution in [0, 0.1) is 5.82 Å². The van der Waals surface area contributed by atoms with E-state index in [2.05, 4.69) is 15.3 Å². The minimum atomic E-state index is -4.66. The average Bonchev–Trinajstić information content (AvgIpc) is 3.07. The third-order valence-electron chi connectivity index (χ3n) is 3.34. The molecule has 2 aromatic heterocycles. The summed E-state index contributed by atoms with van der Waals surface area (Å²) in [5.74, 6) is -0.603. The molecule has 2 heterocycles. The third kappa shape index (κ3) is 3.27. The van der Waals surface area contributed by atoms with Crippen LogP contribution in [0.4, 0.5) is 17.6 Å². The van der Waals surface area contributed by atoms with Gasteiger partial charge in [0.25, 0.3) is 0 Å². The van der Waals surface area contributed by atoms with Gasteiger partial charge in [0.1, 0.15) is 0 Å². The fourth-order valence-electron chi connectivity index (χ4n) is 2.19. The highest BCUT2D eigenvalue weighted by molar-refractivity contribution is 6.31. The van der Waals surface area contributed by atoms with Crippen molar-refractivity contribution in [3.05, 3.63) is 53.2 Å². The van der Waals surface area contributed by atoms with Crippen molar-refractivity contribution in [3.63, 3.8) is 0 Å². The highest BCUT2D eigenvalue weighted by Crippen LogP contribution is 2.35. The fraction of sp³-hybridized carbons (Fsp3) is 0.133. The van der Waals surface area contributed by atoms with Gasteiger partial charge in [-0.05, 0) is 23.8 Å². The van der Waals surface area contributed by atoms with E-state index in [1.54, 1.807) is 0 Å². The molecule has 0 aliphatic heterocycles. The Morgan fingerprint density at radius 3 is 2.60 bits per heavy atom. The van der Waals surface area contributed by atoms with Crippen LogP contribution in [0.1, 0.15) is 5.69 Å². The number of nitrogens with zero attached hydrogens (tertiary/aromatic N) is 4. The van der Waals surface area contributed by atoms with Crippen molar-refractivity contribution in [2.24, 2.45) is 0 Å². The van der Waals surface area contributed by atoms with Crippen molar-refractivity contribution < 1.29 is 22.3 Å². The smallest absolute Gasteiger partial charge is 0.436 e. The zero-order valence-electron chi connectivity index (χ0n) is 12.6. The lowest BCUT2D eigenvalue weighted by atomic mass is 10.0. The van der Waals surface area contributed by atoms with Gasteiger partial charge in [0.2, 0.25) is 5.88 Å². The van der Waals surface area contributed by atoms with Gasteiger partial charge in [-0.15, -0.1) is 5.10 Å². The van der Waals surface area contributed by atoms with Crippen LogP contribution in [0.2, 0.25) is 5.02 Å². The molecular weight excluding hydrogens is 364 g/mol. The van der Waals surface area contributed by atoms with Crippen molar-refractivity contribution in [2.75, 3.05) is 7.11 Å². The predicted octanol–water partition coefficient (Wildman–Crippen LogP) is 4.15. The van der Waals surface area contributed by atoms with Crippen LogP contribution in [-0.2, 0) is 6.18 Å². The van der Waals surface area contributed by atoms with Crippen molar-refractivity contribution in [3.8, 4) is 22.7 Å². The van der Waals surface area contributed by atoms with Gasteiger partial charge in [0, 0.05) is 17.8 Å². The summed E-state index contributed by atoms with van der Waals surface area (Å²) >= 11 is 5.83. The van der Waals surface area contributed by atoms with Crippen LogP contribution in [0.3, 0.4) is 0 Å². The molecule has 0 radical (unpaired) electrons. The molecule has 10 heteroatoms. The molecule has 0 unspecified atom stereocenters. The first-order valence-corrected chi connectivity index (χ1v) is 7.17. The summed E-state index contributed by atoms with van der Waals surface area (Å²) in [5, 5.41) is 6.33. The second-order valence-electron chi connectivity index (χ2n) is 4.89. The molecule has 130 valence electrons. The lowest BCUT2D eigenvalue weighted by Crippen LogP contribution is -2.05. The SMILES string of the molecule is COc1cc(-c2c(-n3cc(C(F)(F)F)nn3)ccc(Cl)c2F)ccn1. The lowest BCUT2D eigenvalue weighted by Gasteiger charge is -2.12. The minimum Gasteiger partial charge on any atom is -0.481 e. The van der Waals surface area contributed by atoms with Crippen molar-refractivity contribution in [1.82, 2.24) is 20.0 Å². The second-order valence-corrected chi connectivity index (χ2v) is 5.30. The zero-order chi connectivity index (χ0) is 18.2. The van der Waals surface area contributed by atoms with E-state index < -0.39 is 17.7 Å². The van der Waals surface area contributed by atoms with E-state index in [0.29, 0.717) is 11.8 Å². The highest BCUT2D eigenvalue weighted by atomic mass is 35.5. The monoisotopic (exact) mass is 372 g/mol. The summed E-state index contributed by atoms with van der Waals surface area (Å²) in [6.45, 7) is 0. The molecule has 1 aromatic carbocycles. The number of halogens is 5. The average molecular weight is 373 g/mol. The number of methoxy groups -OCH3 is 1. The van der Waals surface area contributed by atoms with Gasteiger partial charge in [-0.2, -0.15) is 13.2 Å². The van der Waals surface area contributed by atoms with Crippen LogP contribution < -0.4 is 4.74 Å². The number of alkyl halides is 3. The summed E-state index contributed by atoms with van der Waals surface area (Å²) in [6.07, 6.45) is -2.62. The van der Waals surface area contributed by atoms with Crippen LogP contribution in [0.5, 0.6) is 5.88 Å². The number of hydrogen-bond donors (Lipinski definition) is 0. The number of aromatic nitrogens is 4. The van der Waals surface area contributed by atoms with Gasteiger partial charge < -0.3 is 4.74 Å². The Kier molecular flexibility index (Phi) is 4.34. The van der Waals surface area contributed by atoms with Crippen LogP contribution in [-0.4, -0.2) is 27.1 Å². The number of pyridine rings is 1. The summed E-state index contributed by atoms with van der Waals surface area (Å²) in [5.41, 5.74) is -0.892. The van der Waals surface area contributed by atoms with E-state index in [1.807, 2.05) is 0 Å². The zero-order valence-corrected chi connectivity index (χ0v) is 13.3. The molecule has 5 nitrogen and oxygen atoms in total. The fourth-order valence-corrected chi connectivity index (χ4v) is 2.35. The van der Waals surface area contributed by atoms with E-state index in [0.717, 1.165) is 4.68 Å². The maximum absolute atomic E-state index is 14.6. The van der Waals surface area contributed by atoms with E-state index in [1.165, 1.54) is 37.6 Å². The maximum Gasteiger partial charge on any atom is 0.436 e. The molecule has 0 N–H and O–H groups in total. The molecule has 0 aliphatic carbocycles. The van der Waals surface area contributed by atoms with Crippen molar-refractivity contribution in [2.45, 2.75) is 6.18 Å². The van der Waals surface area contributed by atoms with E-state index in [4.69, 9.17) is 16.3 Å². The molecule has 3 rings (SSSR count). The largest absolute Gasteiger partial charge is 0.481 e. The molecular formula is C15H9ClF4N4O. The van der Waals surface area contributed by atoms with Gasteiger partial charge in [-0.1, -0.05) is 16.8 Å². The summed E-state index contributed by atoms with van der Waals surface area (Å²) in [4.78, 5) is 3.91. The van der Waals surface area contributed by atoms with Gasteiger partial charge in [-0.25, -0.2) is 14.1 Å². The quantitative estimate of drug-likeness (QED) is 0.648. The topological polar surface area (TPSA) is 52.8 Å². The number of ether oxygens (including phenoxy) is 1. The summed E-state index contributed by atoms with van der Waals surface area (Å²) in [6, 6.07) is 5.48. The third-order valence-corrected chi connectivity index (χ3v) is 3.63. The summed E-state index contributed by atoms with van der Waals surface area (Å²) in [7, 11) is 1.38. The second kappa shape index (κ2) is 6.32. The van der Waals surface area contributed by atoms with Crippen LogP contribution in [0.15, 0.2) is 36.7 Å². The Bertz CT molecular complexity index is 926. The maximum atomic E-state index is 14.6. The van der Waals surface area contributed by atoms with Gasteiger partial charge >= 0.3 is 6.18 Å². The standard InChI is InChI=1S/C15H9ClF4N4O/c1-25-12-6-8(4-5-21-12)13-10(3-2-9(16)14(13)17)24-7-11(22-23-24)15(18,19)20/h2-7H,1H3. The molecule has 0 saturated heterocycles. The Labute approximate surface area is 143 Å². The molecule has 0 aliphatic rings. The van der Waals surface area contributed by atoms with E-state index in [9.17, 15) is 17.6 Å². The number of rotatable bonds is 3. The number of benzene rings is 1. The van der Waals surface area contributed by atoms with Gasteiger partial charge in [0.05, 0.1) is 24.0 Å². The molecule has 0 atom stereocenters. The van der Waals surface area contributed by atoms with Gasteiger partial charge in [-0.3, -0.25) is 0 Å². The molecule has 0 spiro atoms. The lowest BCUT2D eigenvalue weighted by molar-refractivity contribution is -0.141. The molecule has 3 aromatic rings. The van der Waals surface area contributed by atoms with E-state index >= 15 is 0 Å². The highest BCUT2D eigenvalue weighted by Gasteiger charge is 2.35. The van der Waals surface area contributed by atoms with Crippen molar-refractivity contribution in [1.29, 1.82) is 0 Å². The van der Waals surface area contributed by atoms with Crippen molar-refractivity contribution >= 4 is 11.6 Å². The summed E-state index contributed by atoms with van der Waals surface area (Å²) < 4.78 is 58.7. The first-order valence-electron chi connectivity index (χ1n) is 6.79. The van der Waals surface area contributed by atoms with Crippen LogP contribution in [0.25, 0.3) is 16.8 Å². The minimum absolute atomic E-state index is 0.0400. The Morgan fingerprint density at radius 1 is 1.20 bits per heavy atom. The first-order chi connectivity index (χ1) is 11.8. The van der Waals surface area contributed by atoms with Crippen LogP contribution >= 0.6 is 11.6 Å². The molecule has 0 bridgehead atoms. The van der Waals surface area contributed by atoms with Gasteiger partial charge in [0.15, 0.2) is 11.5 Å². The Morgan fingerprint density at radius 2 is 1.96 bits per heavy atom. The molecule has 25 heavy (non-hydrogen) atoms. The predicted molar refractivity (Wildman–Crippen MR) is 81.1 cm³/mol. The first kappa shape index (κ1) is 17.2.